The van der Waals surface area contributed by atoms with Crippen LogP contribution in [0.15, 0.2) is 0 Å². The minimum absolute atomic E-state index is 0.460. The summed E-state index contributed by atoms with van der Waals surface area (Å²) in [7, 11) is 0. The van der Waals surface area contributed by atoms with Gasteiger partial charge in [0.2, 0.25) is 0 Å². The zero-order valence-electron chi connectivity index (χ0n) is 8.11. The number of halogens is 1. The molecule has 0 amide bonds. The smallest absolute Gasteiger partial charge is 0.0468 e. The maximum atomic E-state index is 5.34. The van der Waals surface area contributed by atoms with E-state index in [1.54, 1.807) is 0 Å². The topological polar surface area (TPSA) is 9.23 Å². The minimum atomic E-state index is 0.460. The van der Waals surface area contributed by atoms with Crippen LogP contribution in [0, 0.1) is 11.3 Å². The van der Waals surface area contributed by atoms with Crippen molar-refractivity contribution in [2.24, 2.45) is 11.3 Å². The quantitative estimate of drug-likeness (QED) is 0.682. The fraction of sp³-hybridized carbons (Fsp3) is 1.00. The highest BCUT2D eigenvalue weighted by Crippen LogP contribution is 2.32. The molecule has 0 bridgehead atoms. The second-order valence-corrected chi connectivity index (χ2v) is 5.12. The Bertz CT molecular complexity index is 128. The van der Waals surface area contributed by atoms with Crippen LogP contribution in [0.1, 0.15) is 33.1 Å². The molecule has 0 unspecified atom stereocenters. The van der Waals surface area contributed by atoms with Gasteiger partial charge in [0.25, 0.3) is 0 Å². The molecule has 0 aliphatic carbocycles. The van der Waals surface area contributed by atoms with Gasteiger partial charge in [-0.25, -0.2) is 0 Å². The molecule has 72 valence electrons. The highest BCUT2D eigenvalue weighted by molar-refractivity contribution is 9.09. The molecule has 1 fully saturated rings. The van der Waals surface area contributed by atoms with E-state index in [2.05, 4.69) is 29.8 Å². The van der Waals surface area contributed by atoms with Gasteiger partial charge in [0.05, 0.1) is 0 Å². The number of alkyl halides is 1. The van der Waals surface area contributed by atoms with Crippen LogP contribution >= 0.6 is 15.9 Å². The maximum Gasteiger partial charge on any atom is 0.0468 e. The van der Waals surface area contributed by atoms with E-state index < -0.39 is 0 Å². The Hall–Kier alpha value is 0.440. The van der Waals surface area contributed by atoms with Crippen LogP contribution in [0.2, 0.25) is 0 Å². The molecule has 0 aromatic heterocycles. The predicted molar refractivity (Wildman–Crippen MR) is 55.7 cm³/mol. The standard InChI is InChI=1S/C10H19BrO/c1-10(2,8-11)7-9-3-5-12-6-4-9/h9H,3-8H2,1-2H3. The van der Waals surface area contributed by atoms with E-state index >= 15 is 0 Å². The summed E-state index contributed by atoms with van der Waals surface area (Å²) in [6, 6.07) is 0. The second kappa shape index (κ2) is 4.61. The third-order valence-electron chi connectivity index (χ3n) is 2.54. The molecule has 2 heteroatoms. The van der Waals surface area contributed by atoms with E-state index in [1.807, 2.05) is 0 Å². The van der Waals surface area contributed by atoms with Crippen LogP contribution in [0.3, 0.4) is 0 Å². The van der Waals surface area contributed by atoms with E-state index in [4.69, 9.17) is 4.74 Å². The molecule has 1 rings (SSSR count). The van der Waals surface area contributed by atoms with Crippen molar-refractivity contribution in [2.75, 3.05) is 18.5 Å². The number of rotatable bonds is 3. The van der Waals surface area contributed by atoms with E-state index in [0.717, 1.165) is 24.5 Å². The molecule has 0 saturated carbocycles. The third-order valence-corrected chi connectivity index (χ3v) is 4.06. The molecular formula is C10H19BrO. The molecule has 0 aromatic rings. The second-order valence-electron chi connectivity index (χ2n) is 4.56. The Morgan fingerprint density at radius 2 is 1.92 bits per heavy atom. The Labute approximate surface area is 84.0 Å². The average molecular weight is 235 g/mol. The number of hydrogen-bond donors (Lipinski definition) is 0. The van der Waals surface area contributed by atoms with Gasteiger partial charge in [0.15, 0.2) is 0 Å². The van der Waals surface area contributed by atoms with Gasteiger partial charge in [-0.2, -0.15) is 0 Å². The van der Waals surface area contributed by atoms with Crippen LogP contribution in [0.25, 0.3) is 0 Å². The van der Waals surface area contributed by atoms with E-state index in [1.165, 1.54) is 19.3 Å². The Morgan fingerprint density at radius 3 is 2.42 bits per heavy atom. The molecule has 1 aliphatic heterocycles. The fourth-order valence-corrected chi connectivity index (χ4v) is 2.02. The molecule has 0 aromatic carbocycles. The molecule has 0 atom stereocenters. The Morgan fingerprint density at radius 1 is 1.33 bits per heavy atom. The zero-order chi connectivity index (χ0) is 9.03. The third kappa shape index (κ3) is 3.44. The zero-order valence-corrected chi connectivity index (χ0v) is 9.69. The lowest BCUT2D eigenvalue weighted by molar-refractivity contribution is 0.0538. The van der Waals surface area contributed by atoms with Crippen molar-refractivity contribution in [2.45, 2.75) is 33.1 Å². The number of hydrogen-bond acceptors (Lipinski definition) is 1. The van der Waals surface area contributed by atoms with Gasteiger partial charge in [0.1, 0.15) is 0 Å². The summed E-state index contributed by atoms with van der Waals surface area (Å²) in [6.45, 7) is 6.61. The van der Waals surface area contributed by atoms with Gasteiger partial charge >= 0.3 is 0 Å². The highest BCUT2D eigenvalue weighted by atomic mass is 79.9. The van der Waals surface area contributed by atoms with E-state index in [9.17, 15) is 0 Å². The average Bonchev–Trinajstić information content (AvgIpc) is 2.06. The molecule has 0 radical (unpaired) electrons. The van der Waals surface area contributed by atoms with Gasteiger partial charge in [-0.05, 0) is 30.6 Å². The molecule has 1 heterocycles. The summed E-state index contributed by atoms with van der Waals surface area (Å²) >= 11 is 3.57. The fourth-order valence-electron chi connectivity index (χ4n) is 1.79. The van der Waals surface area contributed by atoms with Crippen molar-refractivity contribution >= 4 is 15.9 Å². The Balaban J connectivity index is 2.28. The summed E-state index contributed by atoms with van der Waals surface area (Å²) in [4.78, 5) is 0. The highest BCUT2D eigenvalue weighted by Gasteiger charge is 2.23. The molecule has 12 heavy (non-hydrogen) atoms. The van der Waals surface area contributed by atoms with Crippen molar-refractivity contribution in [3.05, 3.63) is 0 Å². The van der Waals surface area contributed by atoms with Crippen LogP contribution in [-0.2, 0) is 4.74 Å². The molecule has 0 spiro atoms. The van der Waals surface area contributed by atoms with Crippen LogP contribution in [-0.4, -0.2) is 18.5 Å². The minimum Gasteiger partial charge on any atom is -0.381 e. The van der Waals surface area contributed by atoms with Gasteiger partial charge < -0.3 is 4.74 Å². The maximum absolute atomic E-state index is 5.34. The van der Waals surface area contributed by atoms with Crippen molar-refractivity contribution in [3.63, 3.8) is 0 Å². The first-order chi connectivity index (χ1) is 5.64. The van der Waals surface area contributed by atoms with Crippen LogP contribution in [0.5, 0.6) is 0 Å². The van der Waals surface area contributed by atoms with Crippen molar-refractivity contribution in [1.82, 2.24) is 0 Å². The van der Waals surface area contributed by atoms with Gasteiger partial charge in [0, 0.05) is 18.5 Å². The molecule has 1 nitrogen and oxygen atoms in total. The molecule has 1 aliphatic rings. The van der Waals surface area contributed by atoms with Crippen LogP contribution < -0.4 is 0 Å². The molecule has 1 saturated heterocycles. The normalized spacial score (nSPS) is 21.2. The SMILES string of the molecule is CC(C)(CBr)CC1CCOCC1. The first-order valence-corrected chi connectivity index (χ1v) is 5.90. The first-order valence-electron chi connectivity index (χ1n) is 4.78. The van der Waals surface area contributed by atoms with Gasteiger partial charge in [-0.3, -0.25) is 0 Å². The summed E-state index contributed by atoms with van der Waals surface area (Å²) < 4.78 is 5.34. The van der Waals surface area contributed by atoms with Gasteiger partial charge in [-0.1, -0.05) is 29.8 Å². The van der Waals surface area contributed by atoms with Gasteiger partial charge in [-0.15, -0.1) is 0 Å². The lowest BCUT2D eigenvalue weighted by Gasteiger charge is -2.30. The summed E-state index contributed by atoms with van der Waals surface area (Å²) in [6.07, 6.45) is 3.86. The first kappa shape index (κ1) is 10.5. The summed E-state index contributed by atoms with van der Waals surface area (Å²) in [5.41, 5.74) is 0.460. The largest absolute Gasteiger partial charge is 0.381 e. The predicted octanol–water partition coefficient (Wildman–Crippen LogP) is 3.22. The lowest BCUT2D eigenvalue weighted by Crippen LogP contribution is -2.23. The van der Waals surface area contributed by atoms with Crippen molar-refractivity contribution in [1.29, 1.82) is 0 Å². The van der Waals surface area contributed by atoms with Crippen molar-refractivity contribution in [3.8, 4) is 0 Å². The lowest BCUT2D eigenvalue weighted by atomic mass is 9.81. The summed E-state index contributed by atoms with van der Waals surface area (Å²) in [5.74, 6) is 0.895. The number of ether oxygens (including phenoxy) is 1. The molecular weight excluding hydrogens is 216 g/mol. The van der Waals surface area contributed by atoms with E-state index in [0.29, 0.717) is 5.41 Å². The Kier molecular flexibility index (Phi) is 4.04. The monoisotopic (exact) mass is 234 g/mol. The summed E-state index contributed by atoms with van der Waals surface area (Å²) in [5, 5.41) is 1.11. The van der Waals surface area contributed by atoms with Crippen LogP contribution in [0.4, 0.5) is 0 Å². The molecule has 0 N–H and O–H groups in total. The van der Waals surface area contributed by atoms with E-state index in [-0.39, 0.29) is 0 Å². The van der Waals surface area contributed by atoms with Crippen molar-refractivity contribution < 1.29 is 4.74 Å².